The van der Waals surface area contributed by atoms with E-state index in [9.17, 15) is 9.59 Å². The Morgan fingerprint density at radius 3 is 2.24 bits per heavy atom. The predicted molar refractivity (Wildman–Crippen MR) is 98.2 cm³/mol. The molecule has 0 atom stereocenters. The van der Waals surface area contributed by atoms with Gasteiger partial charge in [0.05, 0.1) is 10.6 Å². The summed E-state index contributed by atoms with van der Waals surface area (Å²) in [5.74, 6) is -1.47. The SMILES string of the molecule is O=C(O)c1cc(NC(=O)c2ccccc2-c2ccccc2)ccc1Cl. The molecule has 0 bridgehead atoms. The minimum atomic E-state index is -1.15. The van der Waals surface area contributed by atoms with Gasteiger partial charge in [-0.2, -0.15) is 0 Å². The number of carboxylic acid groups (broad SMARTS) is 1. The molecule has 0 unspecified atom stereocenters. The molecule has 3 aromatic carbocycles. The number of halogens is 1. The Morgan fingerprint density at radius 1 is 0.840 bits per heavy atom. The van der Waals surface area contributed by atoms with Gasteiger partial charge in [0, 0.05) is 11.3 Å². The zero-order valence-corrected chi connectivity index (χ0v) is 13.8. The van der Waals surface area contributed by atoms with Crippen molar-refractivity contribution in [1.29, 1.82) is 0 Å². The van der Waals surface area contributed by atoms with Crippen LogP contribution in [0.2, 0.25) is 5.02 Å². The van der Waals surface area contributed by atoms with Crippen LogP contribution in [0.4, 0.5) is 5.69 Å². The standard InChI is InChI=1S/C20H14ClNO3/c21-18-11-10-14(12-17(18)20(24)25)22-19(23)16-9-5-4-8-15(16)13-6-2-1-3-7-13/h1-12H,(H,22,23)(H,24,25). The summed E-state index contributed by atoms with van der Waals surface area (Å²) in [4.78, 5) is 23.9. The summed E-state index contributed by atoms with van der Waals surface area (Å²) in [6.45, 7) is 0. The van der Waals surface area contributed by atoms with Crippen molar-refractivity contribution in [2.45, 2.75) is 0 Å². The molecule has 1 amide bonds. The first-order valence-electron chi connectivity index (χ1n) is 7.55. The van der Waals surface area contributed by atoms with Crippen molar-refractivity contribution < 1.29 is 14.7 Å². The van der Waals surface area contributed by atoms with Gasteiger partial charge in [-0.05, 0) is 35.4 Å². The van der Waals surface area contributed by atoms with E-state index >= 15 is 0 Å². The van der Waals surface area contributed by atoms with Gasteiger partial charge in [0.2, 0.25) is 0 Å². The smallest absolute Gasteiger partial charge is 0.337 e. The molecule has 3 rings (SSSR count). The number of hydrogen-bond donors (Lipinski definition) is 2. The summed E-state index contributed by atoms with van der Waals surface area (Å²) in [6, 6.07) is 21.2. The van der Waals surface area contributed by atoms with E-state index in [2.05, 4.69) is 5.32 Å². The molecular formula is C20H14ClNO3. The molecule has 2 N–H and O–H groups in total. The van der Waals surface area contributed by atoms with Crippen molar-refractivity contribution in [1.82, 2.24) is 0 Å². The Hall–Kier alpha value is -3.11. The molecule has 0 fully saturated rings. The van der Waals surface area contributed by atoms with E-state index in [0.29, 0.717) is 11.3 Å². The highest BCUT2D eigenvalue weighted by Crippen LogP contribution is 2.25. The first-order chi connectivity index (χ1) is 12.1. The van der Waals surface area contributed by atoms with Gasteiger partial charge in [-0.25, -0.2) is 4.79 Å². The van der Waals surface area contributed by atoms with Gasteiger partial charge in [0.1, 0.15) is 0 Å². The highest BCUT2D eigenvalue weighted by Gasteiger charge is 2.14. The van der Waals surface area contributed by atoms with E-state index in [1.807, 2.05) is 42.5 Å². The van der Waals surface area contributed by atoms with Crippen LogP contribution < -0.4 is 5.32 Å². The molecule has 0 aromatic heterocycles. The van der Waals surface area contributed by atoms with Crippen LogP contribution in [0.15, 0.2) is 72.8 Å². The van der Waals surface area contributed by atoms with E-state index in [1.54, 1.807) is 18.2 Å². The zero-order valence-electron chi connectivity index (χ0n) is 13.1. The number of benzene rings is 3. The van der Waals surface area contributed by atoms with Crippen molar-refractivity contribution in [3.8, 4) is 11.1 Å². The molecule has 5 heteroatoms. The second-order valence-electron chi connectivity index (χ2n) is 5.37. The third-order valence-electron chi connectivity index (χ3n) is 3.71. The maximum atomic E-state index is 12.7. The fourth-order valence-corrected chi connectivity index (χ4v) is 2.71. The Kier molecular flexibility index (Phi) is 4.82. The normalized spacial score (nSPS) is 10.3. The summed E-state index contributed by atoms with van der Waals surface area (Å²) >= 11 is 5.86. The number of anilines is 1. The number of aromatic carboxylic acids is 1. The largest absolute Gasteiger partial charge is 0.478 e. The van der Waals surface area contributed by atoms with Crippen LogP contribution in [0.5, 0.6) is 0 Å². The predicted octanol–water partition coefficient (Wildman–Crippen LogP) is 4.96. The number of amides is 1. The Morgan fingerprint density at radius 2 is 1.52 bits per heavy atom. The highest BCUT2D eigenvalue weighted by atomic mass is 35.5. The van der Waals surface area contributed by atoms with Crippen molar-refractivity contribution in [3.05, 3.63) is 88.9 Å². The quantitative estimate of drug-likeness (QED) is 0.698. The minimum Gasteiger partial charge on any atom is -0.478 e. The van der Waals surface area contributed by atoms with Gasteiger partial charge in [0.15, 0.2) is 0 Å². The number of carboxylic acids is 1. The molecule has 25 heavy (non-hydrogen) atoms. The lowest BCUT2D eigenvalue weighted by Gasteiger charge is -2.11. The summed E-state index contributed by atoms with van der Waals surface area (Å²) < 4.78 is 0. The first kappa shape index (κ1) is 16.7. The van der Waals surface area contributed by atoms with Crippen molar-refractivity contribution in [3.63, 3.8) is 0 Å². The Balaban J connectivity index is 1.93. The average molecular weight is 352 g/mol. The van der Waals surface area contributed by atoms with Crippen LogP contribution >= 0.6 is 11.6 Å². The number of hydrogen-bond acceptors (Lipinski definition) is 2. The molecule has 0 spiro atoms. The van der Waals surface area contributed by atoms with Crippen molar-refractivity contribution in [2.75, 3.05) is 5.32 Å². The maximum absolute atomic E-state index is 12.7. The Labute approximate surface area is 149 Å². The van der Waals surface area contributed by atoms with E-state index in [-0.39, 0.29) is 16.5 Å². The summed E-state index contributed by atoms with van der Waals surface area (Å²) in [5.41, 5.74) is 2.54. The van der Waals surface area contributed by atoms with Gasteiger partial charge in [0.25, 0.3) is 5.91 Å². The van der Waals surface area contributed by atoms with E-state index in [1.165, 1.54) is 12.1 Å². The van der Waals surface area contributed by atoms with Crippen LogP contribution in [0.25, 0.3) is 11.1 Å². The lowest BCUT2D eigenvalue weighted by Crippen LogP contribution is -2.13. The highest BCUT2D eigenvalue weighted by molar-refractivity contribution is 6.33. The summed E-state index contributed by atoms with van der Waals surface area (Å²) in [6.07, 6.45) is 0. The monoisotopic (exact) mass is 351 g/mol. The first-order valence-corrected chi connectivity index (χ1v) is 7.92. The van der Waals surface area contributed by atoms with Crippen LogP contribution in [0.1, 0.15) is 20.7 Å². The average Bonchev–Trinajstić information content (AvgIpc) is 2.64. The molecule has 3 aromatic rings. The maximum Gasteiger partial charge on any atom is 0.337 e. The molecule has 4 nitrogen and oxygen atoms in total. The molecule has 0 aliphatic rings. The van der Waals surface area contributed by atoms with Gasteiger partial charge < -0.3 is 10.4 Å². The molecular weight excluding hydrogens is 338 g/mol. The second kappa shape index (κ2) is 7.20. The summed E-state index contributed by atoms with van der Waals surface area (Å²) in [5, 5.41) is 12.0. The van der Waals surface area contributed by atoms with Crippen molar-refractivity contribution >= 4 is 29.2 Å². The van der Waals surface area contributed by atoms with Crippen LogP contribution in [0.3, 0.4) is 0 Å². The fourth-order valence-electron chi connectivity index (χ4n) is 2.52. The number of carbonyl (C=O) groups excluding carboxylic acids is 1. The zero-order chi connectivity index (χ0) is 17.8. The fraction of sp³-hybridized carbons (Fsp3) is 0. The molecule has 0 aliphatic heterocycles. The van der Waals surface area contributed by atoms with Crippen molar-refractivity contribution in [2.24, 2.45) is 0 Å². The van der Waals surface area contributed by atoms with Crippen LogP contribution in [-0.2, 0) is 0 Å². The molecule has 0 saturated carbocycles. The lowest BCUT2D eigenvalue weighted by molar-refractivity contribution is 0.0696. The van der Waals surface area contributed by atoms with Gasteiger partial charge >= 0.3 is 5.97 Å². The third kappa shape index (κ3) is 3.70. The topological polar surface area (TPSA) is 66.4 Å². The van der Waals surface area contributed by atoms with E-state index < -0.39 is 5.97 Å². The molecule has 0 heterocycles. The molecule has 124 valence electrons. The lowest BCUT2D eigenvalue weighted by atomic mass is 9.99. The number of rotatable bonds is 4. The van der Waals surface area contributed by atoms with Crippen LogP contribution in [-0.4, -0.2) is 17.0 Å². The second-order valence-corrected chi connectivity index (χ2v) is 5.77. The molecule has 0 aliphatic carbocycles. The van der Waals surface area contributed by atoms with E-state index in [4.69, 9.17) is 16.7 Å². The van der Waals surface area contributed by atoms with E-state index in [0.717, 1.165) is 11.1 Å². The number of carbonyl (C=O) groups is 2. The van der Waals surface area contributed by atoms with Crippen LogP contribution in [0, 0.1) is 0 Å². The van der Waals surface area contributed by atoms with Gasteiger partial charge in [-0.15, -0.1) is 0 Å². The van der Waals surface area contributed by atoms with Gasteiger partial charge in [-0.3, -0.25) is 4.79 Å². The third-order valence-corrected chi connectivity index (χ3v) is 4.04. The summed E-state index contributed by atoms with van der Waals surface area (Å²) in [7, 11) is 0. The van der Waals surface area contributed by atoms with Gasteiger partial charge in [-0.1, -0.05) is 60.1 Å². The molecule has 0 saturated heterocycles. The minimum absolute atomic E-state index is 0.0594. The number of nitrogens with one attached hydrogen (secondary N) is 1. The Bertz CT molecular complexity index is 939. The molecule has 0 radical (unpaired) electrons.